The predicted octanol–water partition coefficient (Wildman–Crippen LogP) is 2.31. The van der Waals surface area contributed by atoms with Gasteiger partial charge >= 0.3 is 12.1 Å². The van der Waals surface area contributed by atoms with Gasteiger partial charge in [0.1, 0.15) is 0 Å². The second kappa shape index (κ2) is 7.59. The number of carbonyl (C=O) groups excluding carboxylic acids is 1. The molecule has 0 saturated carbocycles. The van der Waals surface area contributed by atoms with Gasteiger partial charge in [-0.1, -0.05) is 11.6 Å². The Morgan fingerprint density at radius 1 is 1.32 bits per heavy atom. The number of nitrogens with zero attached hydrogens (tertiary/aromatic N) is 3. The molecule has 3 rings (SSSR count). The molecule has 3 heterocycles. The summed E-state index contributed by atoms with van der Waals surface area (Å²) < 4.78 is 46.4. The first kappa shape index (κ1) is 19.5. The van der Waals surface area contributed by atoms with E-state index < -0.39 is 23.7 Å². The molecule has 2 aliphatic heterocycles. The molecule has 1 aromatic rings. The van der Waals surface area contributed by atoms with E-state index in [4.69, 9.17) is 21.5 Å². The van der Waals surface area contributed by atoms with Gasteiger partial charge in [0.05, 0.1) is 5.69 Å². The van der Waals surface area contributed by atoms with Crippen molar-refractivity contribution in [2.24, 2.45) is 0 Å². The zero-order chi connectivity index (χ0) is 18.8. The molecule has 140 valence electrons. The van der Waals surface area contributed by atoms with Crippen LogP contribution in [0.2, 0.25) is 0 Å². The van der Waals surface area contributed by atoms with Gasteiger partial charge in [-0.2, -0.15) is 18.3 Å². The van der Waals surface area contributed by atoms with E-state index in [0.717, 1.165) is 18.7 Å². The van der Waals surface area contributed by atoms with E-state index in [1.807, 2.05) is 0 Å². The van der Waals surface area contributed by atoms with Gasteiger partial charge in [0.15, 0.2) is 0 Å². The number of carboxylic acids is 1. The fourth-order valence-corrected chi connectivity index (χ4v) is 2.76. The van der Waals surface area contributed by atoms with Crippen LogP contribution >= 0.6 is 11.6 Å². The summed E-state index contributed by atoms with van der Waals surface area (Å²) in [4.78, 5) is 21.6. The fraction of sp³-hybridized carbons (Fsp3) is 0.643. The van der Waals surface area contributed by atoms with E-state index in [1.54, 1.807) is 0 Å². The Morgan fingerprint density at radius 2 is 1.92 bits per heavy atom. The van der Waals surface area contributed by atoms with Crippen molar-refractivity contribution < 1.29 is 32.3 Å². The van der Waals surface area contributed by atoms with E-state index in [1.165, 1.54) is 23.4 Å². The van der Waals surface area contributed by atoms with Gasteiger partial charge in [0.2, 0.25) is 0 Å². The summed E-state index contributed by atoms with van der Waals surface area (Å²) in [5, 5.41) is 11.7. The van der Waals surface area contributed by atoms with Gasteiger partial charge in [-0.05, 0) is 25.3 Å². The highest BCUT2D eigenvalue weighted by Crippen LogP contribution is 2.29. The molecule has 1 N–H and O–H groups in total. The summed E-state index contributed by atoms with van der Waals surface area (Å²) in [6.07, 6.45) is -1.61. The van der Waals surface area contributed by atoms with Gasteiger partial charge in [-0.3, -0.25) is 9.48 Å². The minimum absolute atomic E-state index is 0.238. The van der Waals surface area contributed by atoms with Gasteiger partial charge in [0, 0.05) is 31.2 Å². The average molecular weight is 386 g/mol. The smallest absolute Gasteiger partial charge is 0.475 e. The van der Waals surface area contributed by atoms with Crippen molar-refractivity contribution in [3.8, 4) is 0 Å². The SMILES string of the molecule is O=C(C(F)Cl)N1CC(c2cc3n(n2)CCCC3)C1.O=C(O)C(F)(F)F. The molecule has 0 aliphatic carbocycles. The van der Waals surface area contributed by atoms with Crippen molar-refractivity contribution in [1.29, 1.82) is 0 Å². The Kier molecular flexibility index (Phi) is 5.91. The maximum absolute atomic E-state index is 12.6. The maximum atomic E-state index is 12.6. The Labute approximate surface area is 145 Å². The maximum Gasteiger partial charge on any atom is 0.490 e. The third kappa shape index (κ3) is 4.83. The average Bonchev–Trinajstić information content (AvgIpc) is 2.88. The van der Waals surface area contributed by atoms with Crippen molar-refractivity contribution in [2.75, 3.05) is 13.1 Å². The van der Waals surface area contributed by atoms with Crippen molar-refractivity contribution >= 4 is 23.5 Å². The van der Waals surface area contributed by atoms with Crippen LogP contribution in [0.15, 0.2) is 6.07 Å². The first-order valence-corrected chi connectivity index (χ1v) is 7.97. The zero-order valence-electron chi connectivity index (χ0n) is 13.0. The van der Waals surface area contributed by atoms with Crippen molar-refractivity contribution in [3.63, 3.8) is 0 Å². The molecule has 25 heavy (non-hydrogen) atoms. The van der Waals surface area contributed by atoms with Crippen LogP contribution in [-0.4, -0.2) is 56.6 Å². The second-order valence-electron chi connectivity index (χ2n) is 5.78. The van der Waals surface area contributed by atoms with Crippen LogP contribution in [0, 0.1) is 0 Å². The molecule has 0 bridgehead atoms. The largest absolute Gasteiger partial charge is 0.490 e. The van der Waals surface area contributed by atoms with Crippen LogP contribution < -0.4 is 0 Å². The molecule has 1 aromatic heterocycles. The molecule has 6 nitrogen and oxygen atoms in total. The third-order valence-electron chi connectivity index (χ3n) is 3.98. The number of aliphatic carboxylic acids is 1. The van der Waals surface area contributed by atoms with Gasteiger partial charge < -0.3 is 10.0 Å². The number of carbonyl (C=O) groups is 2. The Morgan fingerprint density at radius 3 is 2.40 bits per heavy atom. The summed E-state index contributed by atoms with van der Waals surface area (Å²) in [6.45, 7) is 2.05. The molecule has 1 unspecified atom stereocenters. The number of likely N-dealkylation sites (tertiary alicyclic amines) is 1. The lowest BCUT2D eigenvalue weighted by Crippen LogP contribution is -2.50. The van der Waals surface area contributed by atoms with Crippen LogP contribution in [0.1, 0.15) is 30.1 Å². The number of amides is 1. The number of fused-ring (bicyclic) bond motifs is 1. The molecular formula is C14H16ClF4N3O3. The predicted molar refractivity (Wildman–Crippen MR) is 78.9 cm³/mol. The molecule has 0 spiro atoms. The minimum atomic E-state index is -5.08. The highest BCUT2D eigenvalue weighted by Gasteiger charge is 2.38. The standard InChI is InChI=1S/C12H15ClFN3O.C2HF3O2/c13-11(14)12(18)16-6-8(7-16)10-5-9-3-1-2-4-17(9)15-10;3-2(4,5)1(6)7/h5,8,11H,1-4,6-7H2;(H,6,7). The second-order valence-corrected chi connectivity index (χ2v) is 6.17. The number of halogens is 5. The highest BCUT2D eigenvalue weighted by molar-refractivity contribution is 6.29. The number of aromatic nitrogens is 2. The highest BCUT2D eigenvalue weighted by atomic mass is 35.5. The molecule has 11 heteroatoms. The van der Waals surface area contributed by atoms with Gasteiger partial charge in [-0.15, -0.1) is 0 Å². The molecule has 2 aliphatic rings. The first-order valence-electron chi connectivity index (χ1n) is 7.53. The monoisotopic (exact) mass is 385 g/mol. The minimum Gasteiger partial charge on any atom is -0.475 e. The van der Waals surface area contributed by atoms with E-state index in [2.05, 4.69) is 15.8 Å². The molecule has 0 radical (unpaired) electrons. The zero-order valence-corrected chi connectivity index (χ0v) is 13.7. The van der Waals surface area contributed by atoms with E-state index >= 15 is 0 Å². The van der Waals surface area contributed by atoms with E-state index in [0.29, 0.717) is 13.1 Å². The Bertz CT molecular complexity index is 618. The summed E-state index contributed by atoms with van der Waals surface area (Å²) in [7, 11) is 0. The van der Waals surface area contributed by atoms with Crippen molar-refractivity contribution in [1.82, 2.24) is 14.7 Å². The number of aryl methyl sites for hydroxylation is 2. The van der Waals surface area contributed by atoms with Crippen LogP contribution in [0.25, 0.3) is 0 Å². The number of rotatable bonds is 2. The van der Waals surface area contributed by atoms with Crippen molar-refractivity contribution in [2.45, 2.75) is 43.5 Å². The van der Waals surface area contributed by atoms with Gasteiger partial charge in [0.25, 0.3) is 11.5 Å². The number of carboxylic acid groups (broad SMARTS) is 1. The molecule has 1 atom stereocenters. The van der Waals surface area contributed by atoms with Crippen LogP contribution in [-0.2, 0) is 22.6 Å². The molecular weight excluding hydrogens is 370 g/mol. The normalized spacial score (nSPS) is 18.5. The molecule has 1 amide bonds. The first-order chi connectivity index (χ1) is 11.6. The van der Waals surface area contributed by atoms with Crippen molar-refractivity contribution in [3.05, 3.63) is 17.5 Å². The number of alkyl halides is 5. The molecule has 1 saturated heterocycles. The van der Waals surface area contributed by atoms with Crippen LogP contribution in [0.3, 0.4) is 0 Å². The quantitative estimate of drug-likeness (QED) is 0.626. The lowest BCUT2D eigenvalue weighted by atomic mass is 9.96. The Hall–Kier alpha value is -1.84. The summed E-state index contributed by atoms with van der Waals surface area (Å²) in [5.41, 5.74) is 0.392. The van der Waals surface area contributed by atoms with Gasteiger partial charge in [-0.25, -0.2) is 9.18 Å². The molecule has 1 fully saturated rings. The molecule has 0 aromatic carbocycles. The Balaban J connectivity index is 0.000000277. The van der Waals surface area contributed by atoms with E-state index in [-0.39, 0.29) is 5.92 Å². The van der Waals surface area contributed by atoms with Crippen LogP contribution in [0.5, 0.6) is 0 Å². The summed E-state index contributed by atoms with van der Waals surface area (Å²) in [6, 6.07) is 2.12. The summed E-state index contributed by atoms with van der Waals surface area (Å²) >= 11 is 5.13. The number of hydrogen-bond donors (Lipinski definition) is 1. The lowest BCUT2D eigenvalue weighted by Gasteiger charge is -2.38. The topological polar surface area (TPSA) is 75.4 Å². The third-order valence-corrected chi connectivity index (χ3v) is 4.16. The van der Waals surface area contributed by atoms with Crippen LogP contribution in [0.4, 0.5) is 17.6 Å². The number of hydrogen-bond acceptors (Lipinski definition) is 3. The lowest BCUT2D eigenvalue weighted by molar-refractivity contribution is -0.192. The fourth-order valence-electron chi connectivity index (χ4n) is 2.62. The summed E-state index contributed by atoms with van der Waals surface area (Å²) in [5.74, 6) is -3.15. The van der Waals surface area contributed by atoms with E-state index in [9.17, 15) is 22.4 Å².